The maximum atomic E-state index is 12.6. The van der Waals surface area contributed by atoms with Crippen LogP contribution < -0.4 is 24.8 Å². The number of thiazole rings is 1. The third-order valence-corrected chi connectivity index (χ3v) is 4.87. The predicted molar refractivity (Wildman–Crippen MR) is 125 cm³/mol. The third-order valence-electron chi connectivity index (χ3n) is 3.96. The van der Waals surface area contributed by atoms with E-state index >= 15 is 0 Å². The Bertz CT molecular complexity index is 837. The molecule has 1 heterocycles. The molecule has 0 aliphatic heterocycles. The third kappa shape index (κ3) is 7.91. The van der Waals surface area contributed by atoms with Crippen molar-refractivity contribution in [3.63, 3.8) is 0 Å². The van der Waals surface area contributed by atoms with Crippen LogP contribution in [0.2, 0.25) is 0 Å². The van der Waals surface area contributed by atoms with Crippen molar-refractivity contribution in [2.45, 2.75) is 26.1 Å². The Hall–Kier alpha value is -1.96. The van der Waals surface area contributed by atoms with Crippen LogP contribution in [0.3, 0.4) is 0 Å². The highest BCUT2D eigenvalue weighted by molar-refractivity contribution is 14.0. The molecule has 2 aromatic rings. The van der Waals surface area contributed by atoms with Gasteiger partial charge in [0.25, 0.3) is 0 Å². The lowest BCUT2D eigenvalue weighted by molar-refractivity contribution is -0.140. The predicted octanol–water partition coefficient (Wildman–Crippen LogP) is 4.10. The van der Waals surface area contributed by atoms with Crippen LogP contribution >= 0.6 is 35.3 Å². The molecule has 31 heavy (non-hydrogen) atoms. The molecule has 12 heteroatoms. The zero-order chi connectivity index (χ0) is 22.1. The second kappa shape index (κ2) is 12.8. The maximum Gasteiger partial charge on any atom is 0.434 e. The first-order valence-electron chi connectivity index (χ1n) is 9.15. The zero-order valence-corrected chi connectivity index (χ0v) is 20.8. The number of benzene rings is 1. The van der Waals surface area contributed by atoms with Gasteiger partial charge in [-0.2, -0.15) is 13.2 Å². The molecular formula is C19H26F3IN4O3S. The topological polar surface area (TPSA) is 77.0 Å². The molecule has 0 aliphatic rings. The number of guanidine groups is 1. The van der Waals surface area contributed by atoms with Crippen LogP contribution in [0.5, 0.6) is 17.2 Å². The number of nitrogens with one attached hydrogen (secondary N) is 2. The number of nitrogens with zero attached hydrogens (tertiary/aromatic N) is 2. The zero-order valence-electron chi connectivity index (χ0n) is 17.6. The number of alkyl halides is 3. The van der Waals surface area contributed by atoms with Crippen LogP contribution in [0.1, 0.15) is 23.2 Å². The molecule has 7 nitrogen and oxygen atoms in total. The molecule has 174 valence electrons. The Labute approximate surface area is 200 Å². The van der Waals surface area contributed by atoms with Gasteiger partial charge in [0.05, 0.1) is 32.9 Å². The van der Waals surface area contributed by atoms with E-state index in [-0.39, 0.29) is 24.0 Å². The van der Waals surface area contributed by atoms with Gasteiger partial charge < -0.3 is 24.8 Å². The Balaban J connectivity index is 0.00000480. The summed E-state index contributed by atoms with van der Waals surface area (Å²) in [6, 6.07) is 3.62. The Kier molecular flexibility index (Phi) is 11.2. The normalized spacial score (nSPS) is 11.5. The number of ether oxygens (including phenoxy) is 3. The number of rotatable bonds is 9. The molecular weight excluding hydrogens is 548 g/mol. The standard InChI is InChI=1S/C19H25F3N4O3S.HI/c1-5-23-18(24-7-6-16-26-15(11-30-16)19(20,21)22)25-10-12-8-13(27-2)17(29-4)14(9-12)28-3;/h8-9,11H,5-7,10H2,1-4H3,(H2,23,24,25);1H. The highest BCUT2D eigenvalue weighted by Crippen LogP contribution is 2.38. The fraction of sp³-hybridized carbons (Fsp3) is 0.474. The minimum absolute atomic E-state index is 0. The van der Waals surface area contributed by atoms with Crippen molar-refractivity contribution in [1.29, 1.82) is 0 Å². The number of aromatic nitrogens is 1. The smallest absolute Gasteiger partial charge is 0.434 e. The molecule has 0 saturated carbocycles. The number of hydrogen-bond donors (Lipinski definition) is 2. The molecule has 1 aromatic carbocycles. The van der Waals surface area contributed by atoms with E-state index in [0.29, 0.717) is 54.3 Å². The first kappa shape index (κ1) is 27.1. The molecule has 0 saturated heterocycles. The first-order chi connectivity index (χ1) is 14.3. The second-order valence-corrected chi connectivity index (χ2v) is 6.97. The number of halogens is 4. The van der Waals surface area contributed by atoms with E-state index in [1.165, 1.54) is 7.11 Å². The van der Waals surface area contributed by atoms with Gasteiger partial charge in [0.2, 0.25) is 5.75 Å². The molecule has 0 unspecified atom stereocenters. The van der Waals surface area contributed by atoms with E-state index in [2.05, 4.69) is 20.6 Å². The van der Waals surface area contributed by atoms with E-state index < -0.39 is 11.9 Å². The van der Waals surface area contributed by atoms with Crippen molar-refractivity contribution in [2.24, 2.45) is 4.99 Å². The van der Waals surface area contributed by atoms with Gasteiger partial charge in [-0.1, -0.05) is 0 Å². The van der Waals surface area contributed by atoms with Gasteiger partial charge in [0.1, 0.15) is 0 Å². The number of methoxy groups -OCH3 is 3. The summed E-state index contributed by atoms with van der Waals surface area (Å²) < 4.78 is 53.9. The van der Waals surface area contributed by atoms with Gasteiger partial charge in [-0.05, 0) is 24.6 Å². The fourth-order valence-corrected chi connectivity index (χ4v) is 3.39. The summed E-state index contributed by atoms with van der Waals surface area (Å²) in [5, 5.41) is 7.65. The van der Waals surface area contributed by atoms with Gasteiger partial charge in [-0.25, -0.2) is 9.98 Å². The molecule has 0 amide bonds. The van der Waals surface area contributed by atoms with E-state index in [4.69, 9.17) is 14.2 Å². The lowest BCUT2D eigenvalue weighted by Gasteiger charge is -2.14. The molecule has 0 radical (unpaired) electrons. The van der Waals surface area contributed by atoms with Crippen LogP contribution in [-0.4, -0.2) is 45.4 Å². The van der Waals surface area contributed by atoms with Crippen molar-refractivity contribution < 1.29 is 27.4 Å². The number of aliphatic imine (C=N–C) groups is 1. The molecule has 1 aromatic heterocycles. The van der Waals surface area contributed by atoms with Crippen LogP contribution in [0, 0.1) is 0 Å². The fourth-order valence-electron chi connectivity index (χ4n) is 2.58. The average Bonchev–Trinajstić information content (AvgIpc) is 3.20. The summed E-state index contributed by atoms with van der Waals surface area (Å²) in [4.78, 5) is 8.14. The molecule has 0 aliphatic carbocycles. The highest BCUT2D eigenvalue weighted by atomic mass is 127. The number of hydrogen-bond acceptors (Lipinski definition) is 6. The van der Waals surface area contributed by atoms with Crippen molar-refractivity contribution in [1.82, 2.24) is 15.6 Å². The van der Waals surface area contributed by atoms with Crippen molar-refractivity contribution in [2.75, 3.05) is 34.4 Å². The Morgan fingerprint density at radius 1 is 1.10 bits per heavy atom. The largest absolute Gasteiger partial charge is 0.493 e. The summed E-state index contributed by atoms with van der Waals surface area (Å²) in [5.41, 5.74) is -0.0121. The quantitative estimate of drug-likeness (QED) is 0.267. The van der Waals surface area contributed by atoms with Gasteiger partial charge in [0, 0.05) is 24.9 Å². The minimum atomic E-state index is -4.42. The summed E-state index contributed by atoms with van der Waals surface area (Å²) in [6.07, 6.45) is -4.06. The van der Waals surface area contributed by atoms with E-state index in [1.54, 1.807) is 14.2 Å². The highest BCUT2D eigenvalue weighted by Gasteiger charge is 2.33. The summed E-state index contributed by atoms with van der Waals surface area (Å²) in [6.45, 7) is 3.29. The van der Waals surface area contributed by atoms with Crippen molar-refractivity contribution in [3.05, 3.63) is 33.8 Å². The molecule has 0 bridgehead atoms. The first-order valence-corrected chi connectivity index (χ1v) is 10.0. The lowest BCUT2D eigenvalue weighted by Crippen LogP contribution is -2.38. The lowest BCUT2D eigenvalue weighted by atomic mass is 10.2. The summed E-state index contributed by atoms with van der Waals surface area (Å²) in [7, 11) is 4.61. The molecule has 0 fully saturated rings. The van der Waals surface area contributed by atoms with Gasteiger partial charge in [0.15, 0.2) is 23.2 Å². The second-order valence-electron chi connectivity index (χ2n) is 6.03. The SMILES string of the molecule is CCNC(=NCc1cc(OC)c(OC)c(OC)c1)NCCc1nc(C(F)(F)F)cs1.I. The Morgan fingerprint density at radius 2 is 1.74 bits per heavy atom. The minimum Gasteiger partial charge on any atom is -0.493 e. The average molecular weight is 574 g/mol. The van der Waals surface area contributed by atoms with Crippen LogP contribution in [0.25, 0.3) is 0 Å². The van der Waals surface area contributed by atoms with Gasteiger partial charge in [-0.15, -0.1) is 35.3 Å². The molecule has 0 spiro atoms. The molecule has 0 atom stereocenters. The van der Waals surface area contributed by atoms with E-state index in [0.717, 1.165) is 22.3 Å². The monoisotopic (exact) mass is 574 g/mol. The Morgan fingerprint density at radius 3 is 2.23 bits per heavy atom. The van der Waals surface area contributed by atoms with Gasteiger partial charge in [-0.3, -0.25) is 0 Å². The van der Waals surface area contributed by atoms with Crippen LogP contribution in [0.15, 0.2) is 22.5 Å². The van der Waals surface area contributed by atoms with E-state index in [9.17, 15) is 13.2 Å². The molecule has 2 rings (SSSR count). The van der Waals surface area contributed by atoms with Crippen LogP contribution in [-0.2, 0) is 19.1 Å². The summed E-state index contributed by atoms with van der Waals surface area (Å²) >= 11 is 0.992. The molecule has 2 N–H and O–H groups in total. The summed E-state index contributed by atoms with van der Waals surface area (Å²) in [5.74, 6) is 2.10. The maximum absolute atomic E-state index is 12.6. The van der Waals surface area contributed by atoms with Gasteiger partial charge >= 0.3 is 6.18 Å². The van der Waals surface area contributed by atoms with E-state index in [1.807, 2.05) is 19.1 Å². The van der Waals surface area contributed by atoms with Crippen LogP contribution in [0.4, 0.5) is 13.2 Å². The van der Waals surface area contributed by atoms with Crippen molar-refractivity contribution >= 4 is 41.3 Å². The van der Waals surface area contributed by atoms with Crippen molar-refractivity contribution in [3.8, 4) is 17.2 Å².